The lowest BCUT2D eigenvalue weighted by molar-refractivity contribution is -0.137. The fourth-order valence-electron chi connectivity index (χ4n) is 2.60. The molecule has 1 aliphatic heterocycles. The Balaban J connectivity index is 1.94. The topological polar surface area (TPSA) is 75.9 Å². The van der Waals surface area contributed by atoms with Crippen molar-refractivity contribution in [2.24, 2.45) is 5.73 Å². The Morgan fingerprint density at radius 3 is 2.12 bits per heavy atom. The van der Waals surface area contributed by atoms with E-state index in [1.807, 2.05) is 0 Å². The normalized spacial score (nSPS) is 16.7. The van der Waals surface area contributed by atoms with Crippen LogP contribution < -0.4 is 5.73 Å². The minimum absolute atomic E-state index is 0.115. The van der Waals surface area contributed by atoms with Gasteiger partial charge in [-0.3, -0.25) is 9.59 Å². The number of nitrogens with two attached hydrogens (primary N) is 1. The molecule has 2 amide bonds. The summed E-state index contributed by atoms with van der Waals surface area (Å²) in [5.41, 5.74) is 5.09. The van der Waals surface area contributed by atoms with E-state index in [1.54, 1.807) is 4.90 Å². The molecule has 0 bridgehead atoms. The quantitative estimate of drug-likeness (QED) is 0.869. The molecule has 0 radical (unpaired) electrons. The number of carbonyl (C=O) groups is 2. The maximum Gasteiger partial charge on any atom is 0.416 e. The van der Waals surface area contributed by atoms with Gasteiger partial charge in [-0.15, -0.1) is 0 Å². The van der Waals surface area contributed by atoms with Crippen molar-refractivity contribution in [1.29, 1.82) is 0 Å². The third-order valence-corrected chi connectivity index (χ3v) is 4.00. The SMILES string of the molecule is COCC(N)C(=O)N1CCN(C(=O)c2ccc(C(F)(F)F)cc2)CC1. The summed E-state index contributed by atoms with van der Waals surface area (Å²) in [6, 6.07) is 3.35. The lowest BCUT2D eigenvalue weighted by Crippen LogP contribution is -2.55. The first kappa shape index (κ1) is 19.2. The number of rotatable bonds is 4. The molecular formula is C16H20F3N3O3. The Kier molecular flexibility index (Phi) is 6.02. The fraction of sp³-hybridized carbons (Fsp3) is 0.500. The largest absolute Gasteiger partial charge is 0.416 e. The summed E-state index contributed by atoms with van der Waals surface area (Å²) in [6.45, 7) is 1.35. The monoisotopic (exact) mass is 359 g/mol. The van der Waals surface area contributed by atoms with Gasteiger partial charge in [0.1, 0.15) is 6.04 Å². The molecule has 138 valence electrons. The van der Waals surface area contributed by atoms with Gasteiger partial charge in [-0.25, -0.2) is 0 Å². The van der Waals surface area contributed by atoms with Crippen LogP contribution in [0, 0.1) is 0 Å². The predicted molar refractivity (Wildman–Crippen MR) is 83.8 cm³/mol. The number of hydrogen-bond acceptors (Lipinski definition) is 4. The van der Waals surface area contributed by atoms with Gasteiger partial charge in [0.05, 0.1) is 12.2 Å². The van der Waals surface area contributed by atoms with Gasteiger partial charge in [0, 0.05) is 38.9 Å². The molecule has 1 fully saturated rings. The number of alkyl halides is 3. The van der Waals surface area contributed by atoms with Crippen LogP contribution in [0.15, 0.2) is 24.3 Å². The van der Waals surface area contributed by atoms with Crippen molar-refractivity contribution >= 4 is 11.8 Å². The summed E-state index contributed by atoms with van der Waals surface area (Å²) in [5.74, 6) is -0.606. The van der Waals surface area contributed by atoms with Gasteiger partial charge in [-0.05, 0) is 24.3 Å². The van der Waals surface area contributed by atoms with Gasteiger partial charge < -0.3 is 20.3 Å². The molecule has 1 unspecified atom stereocenters. The van der Waals surface area contributed by atoms with Crippen molar-refractivity contribution in [3.63, 3.8) is 0 Å². The van der Waals surface area contributed by atoms with Gasteiger partial charge in [-0.2, -0.15) is 13.2 Å². The fourth-order valence-corrected chi connectivity index (χ4v) is 2.60. The first-order valence-corrected chi connectivity index (χ1v) is 7.74. The average Bonchev–Trinajstić information content (AvgIpc) is 2.60. The highest BCUT2D eigenvalue weighted by molar-refractivity contribution is 5.94. The number of methoxy groups -OCH3 is 1. The average molecular weight is 359 g/mol. The zero-order valence-electron chi connectivity index (χ0n) is 13.8. The molecule has 2 N–H and O–H groups in total. The number of piperazine rings is 1. The van der Waals surface area contributed by atoms with Crippen molar-refractivity contribution in [3.8, 4) is 0 Å². The molecule has 2 rings (SSSR count). The second-order valence-corrected chi connectivity index (χ2v) is 5.75. The van der Waals surface area contributed by atoms with Gasteiger partial charge in [-0.1, -0.05) is 0 Å². The van der Waals surface area contributed by atoms with Gasteiger partial charge in [0.2, 0.25) is 5.91 Å². The Morgan fingerprint density at radius 2 is 1.64 bits per heavy atom. The number of carbonyl (C=O) groups excluding carboxylic acids is 2. The minimum atomic E-state index is -4.44. The number of ether oxygens (including phenoxy) is 1. The Hall–Kier alpha value is -2.13. The summed E-state index contributed by atoms with van der Waals surface area (Å²) >= 11 is 0. The second kappa shape index (κ2) is 7.83. The molecule has 1 aromatic rings. The van der Waals surface area contributed by atoms with Crippen LogP contribution in [-0.4, -0.2) is 67.6 Å². The van der Waals surface area contributed by atoms with E-state index >= 15 is 0 Å². The Morgan fingerprint density at radius 1 is 1.12 bits per heavy atom. The standard InChI is InChI=1S/C16H20F3N3O3/c1-25-10-13(20)15(24)22-8-6-21(7-9-22)14(23)11-2-4-12(5-3-11)16(17,18)19/h2-5,13H,6-10,20H2,1H3. The number of benzene rings is 1. The number of amides is 2. The molecule has 0 saturated carbocycles. The van der Waals surface area contributed by atoms with E-state index < -0.39 is 17.8 Å². The summed E-state index contributed by atoms with van der Waals surface area (Å²) in [5, 5.41) is 0. The molecular weight excluding hydrogens is 339 g/mol. The van der Waals surface area contributed by atoms with E-state index in [9.17, 15) is 22.8 Å². The van der Waals surface area contributed by atoms with Crippen LogP contribution in [0.2, 0.25) is 0 Å². The maximum atomic E-state index is 12.6. The van der Waals surface area contributed by atoms with Crippen LogP contribution in [-0.2, 0) is 15.7 Å². The highest BCUT2D eigenvalue weighted by Crippen LogP contribution is 2.29. The van der Waals surface area contributed by atoms with Crippen LogP contribution in [0.5, 0.6) is 0 Å². The van der Waals surface area contributed by atoms with E-state index in [0.717, 1.165) is 24.3 Å². The molecule has 1 heterocycles. The lowest BCUT2D eigenvalue weighted by Gasteiger charge is -2.35. The molecule has 0 aliphatic carbocycles. The van der Waals surface area contributed by atoms with Crippen LogP contribution in [0.4, 0.5) is 13.2 Å². The van der Waals surface area contributed by atoms with Gasteiger partial charge in [0.15, 0.2) is 0 Å². The third-order valence-electron chi connectivity index (χ3n) is 4.00. The van der Waals surface area contributed by atoms with Crippen molar-refractivity contribution in [1.82, 2.24) is 9.80 Å². The first-order valence-electron chi connectivity index (χ1n) is 7.74. The number of halogens is 3. The molecule has 9 heteroatoms. The molecule has 1 aromatic carbocycles. The van der Waals surface area contributed by atoms with Gasteiger partial charge >= 0.3 is 6.18 Å². The Labute approximate surface area is 143 Å². The zero-order chi connectivity index (χ0) is 18.6. The van der Waals surface area contributed by atoms with Crippen molar-refractivity contribution in [2.45, 2.75) is 12.2 Å². The van der Waals surface area contributed by atoms with Crippen molar-refractivity contribution < 1.29 is 27.5 Å². The van der Waals surface area contributed by atoms with E-state index in [4.69, 9.17) is 10.5 Å². The smallest absolute Gasteiger partial charge is 0.383 e. The highest BCUT2D eigenvalue weighted by atomic mass is 19.4. The number of hydrogen-bond donors (Lipinski definition) is 1. The van der Waals surface area contributed by atoms with E-state index in [2.05, 4.69) is 0 Å². The van der Waals surface area contributed by atoms with Crippen LogP contribution >= 0.6 is 0 Å². The maximum absolute atomic E-state index is 12.6. The van der Waals surface area contributed by atoms with Gasteiger partial charge in [0.25, 0.3) is 5.91 Å². The molecule has 1 aliphatic rings. The minimum Gasteiger partial charge on any atom is -0.383 e. The van der Waals surface area contributed by atoms with E-state index in [1.165, 1.54) is 12.0 Å². The van der Waals surface area contributed by atoms with E-state index in [0.29, 0.717) is 26.2 Å². The molecule has 0 spiro atoms. The Bertz CT molecular complexity index is 611. The van der Waals surface area contributed by atoms with Crippen molar-refractivity contribution in [2.75, 3.05) is 39.9 Å². The summed E-state index contributed by atoms with van der Waals surface area (Å²) in [6.07, 6.45) is -4.44. The molecule has 1 saturated heterocycles. The van der Waals surface area contributed by atoms with Crippen LogP contribution in [0.3, 0.4) is 0 Å². The summed E-state index contributed by atoms with van der Waals surface area (Å²) in [7, 11) is 1.45. The van der Waals surface area contributed by atoms with Crippen LogP contribution in [0.1, 0.15) is 15.9 Å². The van der Waals surface area contributed by atoms with Crippen LogP contribution in [0.25, 0.3) is 0 Å². The predicted octanol–water partition coefficient (Wildman–Crippen LogP) is 0.964. The molecule has 1 atom stereocenters. The first-order chi connectivity index (χ1) is 11.7. The number of nitrogens with zero attached hydrogens (tertiary/aromatic N) is 2. The zero-order valence-corrected chi connectivity index (χ0v) is 13.8. The van der Waals surface area contributed by atoms with Crippen molar-refractivity contribution in [3.05, 3.63) is 35.4 Å². The third kappa shape index (κ3) is 4.70. The molecule has 25 heavy (non-hydrogen) atoms. The highest BCUT2D eigenvalue weighted by Gasteiger charge is 2.31. The van der Waals surface area contributed by atoms with E-state index in [-0.39, 0.29) is 24.0 Å². The second-order valence-electron chi connectivity index (χ2n) is 5.75. The molecule has 6 nitrogen and oxygen atoms in total. The summed E-state index contributed by atoms with van der Waals surface area (Å²) < 4.78 is 42.5. The summed E-state index contributed by atoms with van der Waals surface area (Å²) in [4.78, 5) is 27.5. The lowest BCUT2D eigenvalue weighted by atomic mass is 10.1. The molecule has 0 aromatic heterocycles.